The minimum absolute atomic E-state index is 0.218. The highest BCUT2D eigenvalue weighted by Crippen LogP contribution is 2.37. The number of halogens is 1. The summed E-state index contributed by atoms with van der Waals surface area (Å²) in [5.74, 6) is 1.23. The number of benzene rings is 2. The van der Waals surface area contributed by atoms with E-state index in [1.165, 1.54) is 16.7 Å². The van der Waals surface area contributed by atoms with Crippen LogP contribution in [0.2, 0.25) is 5.02 Å². The molecule has 1 saturated carbocycles. The van der Waals surface area contributed by atoms with Crippen molar-refractivity contribution in [1.29, 1.82) is 0 Å². The fraction of sp³-hybridized carbons (Fsp3) is 0.370. The molecule has 0 aromatic heterocycles. The highest BCUT2D eigenvalue weighted by atomic mass is 35.5. The Morgan fingerprint density at radius 3 is 2.62 bits per heavy atom. The lowest BCUT2D eigenvalue weighted by molar-refractivity contribution is 0.155. The van der Waals surface area contributed by atoms with E-state index < -0.39 is 6.09 Å². The van der Waals surface area contributed by atoms with Crippen LogP contribution in [-0.2, 0) is 16.1 Å². The summed E-state index contributed by atoms with van der Waals surface area (Å²) in [6.07, 6.45) is 4.90. The molecular weight excluding hydrogens is 422 g/mol. The zero-order chi connectivity index (χ0) is 22.9. The number of ether oxygens (including phenoxy) is 2. The van der Waals surface area contributed by atoms with Crippen LogP contribution in [0.15, 0.2) is 72.0 Å². The molecule has 1 aliphatic rings. The molecule has 2 aromatic carbocycles. The molecular formula is C27H32ClNO3. The van der Waals surface area contributed by atoms with Crippen molar-refractivity contribution in [3.05, 3.63) is 88.2 Å². The lowest BCUT2D eigenvalue weighted by Crippen LogP contribution is -2.14. The van der Waals surface area contributed by atoms with Gasteiger partial charge in [0.15, 0.2) is 0 Å². The Morgan fingerprint density at radius 1 is 1.12 bits per heavy atom. The van der Waals surface area contributed by atoms with Crippen LogP contribution in [0, 0.1) is 0 Å². The van der Waals surface area contributed by atoms with Gasteiger partial charge in [0.05, 0.1) is 17.3 Å². The number of amides is 1. The SMILES string of the molecule is C=C(OCC)/C(C)=C1\CCCC(c2ccc(NC(=O)OCc3ccccc3)c(Cl)c2)CC1. The maximum Gasteiger partial charge on any atom is 0.412 e. The molecule has 0 saturated heterocycles. The lowest BCUT2D eigenvalue weighted by Gasteiger charge is -2.17. The van der Waals surface area contributed by atoms with Crippen LogP contribution in [0.1, 0.15) is 63.0 Å². The van der Waals surface area contributed by atoms with Crippen LogP contribution in [0.4, 0.5) is 10.5 Å². The van der Waals surface area contributed by atoms with Gasteiger partial charge >= 0.3 is 6.09 Å². The first kappa shape index (κ1) is 23.9. The van der Waals surface area contributed by atoms with Crippen molar-refractivity contribution in [2.75, 3.05) is 11.9 Å². The van der Waals surface area contributed by atoms with Gasteiger partial charge in [-0.15, -0.1) is 0 Å². The van der Waals surface area contributed by atoms with E-state index in [0.717, 1.165) is 43.4 Å². The number of hydrogen-bond donors (Lipinski definition) is 1. The van der Waals surface area contributed by atoms with Crippen LogP contribution in [-0.4, -0.2) is 12.7 Å². The first-order valence-electron chi connectivity index (χ1n) is 11.3. The normalized spacial score (nSPS) is 17.8. The van der Waals surface area contributed by atoms with Gasteiger partial charge in [0.2, 0.25) is 0 Å². The number of nitrogens with one attached hydrogen (secondary N) is 1. The molecule has 1 fully saturated rings. The average molecular weight is 454 g/mol. The van der Waals surface area contributed by atoms with Crippen molar-refractivity contribution in [2.45, 2.75) is 58.5 Å². The minimum Gasteiger partial charge on any atom is -0.494 e. The monoisotopic (exact) mass is 453 g/mol. The Hall–Kier alpha value is -2.72. The number of carbonyl (C=O) groups is 1. The first-order chi connectivity index (χ1) is 15.5. The zero-order valence-corrected chi connectivity index (χ0v) is 19.7. The fourth-order valence-electron chi connectivity index (χ4n) is 4.12. The largest absolute Gasteiger partial charge is 0.494 e. The number of carbonyl (C=O) groups excluding carboxylic acids is 1. The quantitative estimate of drug-likeness (QED) is 0.341. The summed E-state index contributed by atoms with van der Waals surface area (Å²) in [5.41, 5.74) is 5.34. The number of hydrogen-bond acceptors (Lipinski definition) is 3. The van der Waals surface area contributed by atoms with E-state index in [-0.39, 0.29) is 6.61 Å². The third-order valence-corrected chi connectivity index (χ3v) is 6.32. The molecule has 1 unspecified atom stereocenters. The molecule has 0 aliphatic heterocycles. The third-order valence-electron chi connectivity index (χ3n) is 6.01. The van der Waals surface area contributed by atoms with Crippen molar-refractivity contribution in [3.63, 3.8) is 0 Å². The molecule has 4 nitrogen and oxygen atoms in total. The summed E-state index contributed by atoms with van der Waals surface area (Å²) in [7, 11) is 0. The van der Waals surface area contributed by atoms with E-state index in [2.05, 4.69) is 24.9 Å². The number of rotatable bonds is 7. The van der Waals surface area contributed by atoms with Crippen LogP contribution in [0.25, 0.3) is 0 Å². The van der Waals surface area contributed by atoms with Gasteiger partial charge in [-0.25, -0.2) is 4.79 Å². The smallest absolute Gasteiger partial charge is 0.412 e. The highest BCUT2D eigenvalue weighted by Gasteiger charge is 2.20. The van der Waals surface area contributed by atoms with Gasteiger partial charge < -0.3 is 9.47 Å². The van der Waals surface area contributed by atoms with Gasteiger partial charge in [0.1, 0.15) is 12.4 Å². The van der Waals surface area contributed by atoms with E-state index >= 15 is 0 Å². The maximum absolute atomic E-state index is 12.2. The number of anilines is 1. The molecule has 1 aliphatic carbocycles. The van der Waals surface area contributed by atoms with E-state index in [1.807, 2.05) is 49.4 Å². The van der Waals surface area contributed by atoms with Crippen LogP contribution < -0.4 is 5.32 Å². The molecule has 0 radical (unpaired) electrons. The van der Waals surface area contributed by atoms with Crippen LogP contribution in [0.5, 0.6) is 0 Å². The van der Waals surface area contributed by atoms with Gasteiger partial charge in [0, 0.05) is 0 Å². The van der Waals surface area contributed by atoms with E-state index in [9.17, 15) is 4.79 Å². The average Bonchev–Trinajstić information content (AvgIpc) is 3.06. The third kappa shape index (κ3) is 6.64. The Morgan fingerprint density at radius 2 is 1.91 bits per heavy atom. The molecule has 2 aromatic rings. The van der Waals surface area contributed by atoms with Gasteiger partial charge in [-0.3, -0.25) is 5.32 Å². The molecule has 0 bridgehead atoms. The predicted molar refractivity (Wildman–Crippen MR) is 131 cm³/mol. The van der Waals surface area contributed by atoms with Gasteiger partial charge in [-0.05, 0) is 80.7 Å². The van der Waals surface area contributed by atoms with Gasteiger partial charge in [-0.2, -0.15) is 0 Å². The Labute approximate surface area is 196 Å². The number of allylic oxidation sites excluding steroid dienone is 2. The summed E-state index contributed by atoms with van der Waals surface area (Å²) >= 11 is 6.50. The minimum atomic E-state index is -0.516. The molecule has 1 N–H and O–H groups in total. The predicted octanol–water partition coefficient (Wildman–Crippen LogP) is 8.00. The second-order valence-corrected chi connectivity index (χ2v) is 8.55. The van der Waals surface area contributed by atoms with Gasteiger partial charge in [-0.1, -0.05) is 60.2 Å². The van der Waals surface area contributed by atoms with Crippen molar-refractivity contribution < 1.29 is 14.3 Å². The second kappa shape index (κ2) is 11.8. The van der Waals surface area contributed by atoms with E-state index in [0.29, 0.717) is 23.2 Å². The summed E-state index contributed by atoms with van der Waals surface area (Å²) in [5, 5.41) is 3.27. The highest BCUT2D eigenvalue weighted by molar-refractivity contribution is 6.33. The fourth-order valence-corrected chi connectivity index (χ4v) is 4.36. The van der Waals surface area contributed by atoms with Crippen LogP contribution in [0.3, 0.4) is 0 Å². The molecule has 170 valence electrons. The Balaban J connectivity index is 1.59. The van der Waals surface area contributed by atoms with Crippen molar-refractivity contribution in [2.24, 2.45) is 0 Å². The molecule has 1 amide bonds. The summed E-state index contributed by atoms with van der Waals surface area (Å²) in [6.45, 7) is 9.02. The molecule has 3 rings (SSSR count). The summed E-state index contributed by atoms with van der Waals surface area (Å²) in [4.78, 5) is 12.2. The first-order valence-corrected chi connectivity index (χ1v) is 11.6. The second-order valence-electron chi connectivity index (χ2n) is 8.14. The van der Waals surface area contributed by atoms with E-state index in [1.54, 1.807) is 0 Å². The van der Waals surface area contributed by atoms with Crippen molar-refractivity contribution in [1.82, 2.24) is 0 Å². The Kier molecular flexibility index (Phi) is 8.81. The summed E-state index contributed by atoms with van der Waals surface area (Å²) < 4.78 is 10.9. The lowest BCUT2D eigenvalue weighted by atomic mass is 9.91. The van der Waals surface area contributed by atoms with Gasteiger partial charge in [0.25, 0.3) is 0 Å². The standard InChI is InChI=1S/C27H32ClNO3/c1-4-31-20(3)19(2)22-11-8-12-23(14-13-22)24-15-16-26(25(28)17-24)29-27(30)32-18-21-9-6-5-7-10-21/h5-7,9-10,15-17,23H,3-4,8,11-14,18H2,1-2H3,(H,29,30)/b22-19+. The molecule has 0 spiro atoms. The Bertz CT molecular complexity index is 968. The van der Waals surface area contributed by atoms with Crippen molar-refractivity contribution in [3.8, 4) is 0 Å². The maximum atomic E-state index is 12.2. The molecule has 1 atom stereocenters. The van der Waals surface area contributed by atoms with Crippen molar-refractivity contribution >= 4 is 23.4 Å². The molecule has 0 heterocycles. The zero-order valence-electron chi connectivity index (χ0n) is 19.0. The van der Waals surface area contributed by atoms with E-state index in [4.69, 9.17) is 21.1 Å². The molecule has 5 heteroatoms. The summed E-state index contributed by atoms with van der Waals surface area (Å²) in [6, 6.07) is 15.5. The van der Waals surface area contributed by atoms with Crippen LogP contribution >= 0.6 is 11.6 Å². The molecule has 32 heavy (non-hydrogen) atoms. The topological polar surface area (TPSA) is 47.6 Å².